The molecule has 2 N–H and O–H groups in total. The van der Waals surface area contributed by atoms with Crippen molar-refractivity contribution in [1.82, 2.24) is 9.99 Å². The summed E-state index contributed by atoms with van der Waals surface area (Å²) in [7, 11) is 0. The number of anilines is 1. The Morgan fingerprint density at radius 3 is 2.30 bits per heavy atom. The summed E-state index contributed by atoms with van der Waals surface area (Å²) in [5, 5.41) is 7.70. The number of aromatic nitrogens is 1. The predicted molar refractivity (Wildman–Crippen MR) is 121 cm³/mol. The molecule has 1 heterocycles. The quantitative estimate of drug-likeness (QED) is 0.319. The fraction of sp³-hybridized carbons (Fsp3) is 0.0952. The van der Waals surface area contributed by atoms with E-state index < -0.39 is 11.8 Å². The number of nitrogens with one attached hydrogen (secondary N) is 2. The summed E-state index contributed by atoms with van der Waals surface area (Å²) in [6.45, 7) is 3.82. The van der Waals surface area contributed by atoms with E-state index in [1.807, 2.05) is 24.5 Å². The molecule has 2 amide bonds. The number of hydrazone groups is 1. The Morgan fingerprint density at radius 2 is 1.63 bits per heavy atom. The molecule has 0 spiro atoms. The average molecular weight is 464 g/mol. The number of hydrogen-bond acceptors (Lipinski definition) is 3. The maximum Gasteiger partial charge on any atom is 0.329 e. The van der Waals surface area contributed by atoms with E-state index in [1.165, 1.54) is 6.21 Å². The van der Waals surface area contributed by atoms with Gasteiger partial charge in [0.05, 0.1) is 16.9 Å². The summed E-state index contributed by atoms with van der Waals surface area (Å²) >= 11 is 18.2. The Balaban J connectivity index is 1.71. The van der Waals surface area contributed by atoms with E-state index in [2.05, 4.69) is 15.8 Å². The lowest BCUT2D eigenvalue weighted by Gasteiger charge is -2.10. The van der Waals surface area contributed by atoms with Crippen molar-refractivity contribution in [2.45, 2.75) is 13.8 Å². The Hall–Kier alpha value is -2.80. The van der Waals surface area contributed by atoms with E-state index in [4.69, 9.17) is 34.8 Å². The molecule has 6 nitrogen and oxygen atoms in total. The Kier molecular flexibility index (Phi) is 6.82. The molecule has 0 bridgehead atoms. The highest BCUT2D eigenvalue weighted by molar-refractivity contribution is 6.41. The number of carbonyl (C=O) groups excluding carboxylic acids is 2. The van der Waals surface area contributed by atoms with Gasteiger partial charge in [-0.3, -0.25) is 9.59 Å². The van der Waals surface area contributed by atoms with Crippen molar-refractivity contribution in [3.05, 3.63) is 80.6 Å². The maximum atomic E-state index is 12.0. The third-order valence-electron chi connectivity index (χ3n) is 4.27. The second-order valence-electron chi connectivity index (χ2n) is 6.42. The molecule has 3 rings (SSSR count). The lowest BCUT2D eigenvalue weighted by Crippen LogP contribution is -2.32. The molecular formula is C21H17Cl3N4O2. The van der Waals surface area contributed by atoms with Gasteiger partial charge in [0.25, 0.3) is 0 Å². The van der Waals surface area contributed by atoms with E-state index in [0.29, 0.717) is 20.8 Å². The average Bonchev–Trinajstić information content (AvgIpc) is 2.96. The molecule has 1 aromatic heterocycles. The second kappa shape index (κ2) is 9.34. The normalized spacial score (nSPS) is 11.0. The van der Waals surface area contributed by atoms with Crippen molar-refractivity contribution < 1.29 is 9.59 Å². The highest BCUT2D eigenvalue weighted by atomic mass is 35.5. The van der Waals surface area contributed by atoms with Gasteiger partial charge in [0.1, 0.15) is 0 Å². The van der Waals surface area contributed by atoms with Crippen molar-refractivity contribution >= 4 is 58.5 Å². The molecule has 2 aromatic carbocycles. The monoisotopic (exact) mass is 462 g/mol. The first-order valence-corrected chi connectivity index (χ1v) is 9.94. The molecule has 9 heteroatoms. The minimum atomic E-state index is -0.915. The number of hydrogen-bond donors (Lipinski definition) is 2. The summed E-state index contributed by atoms with van der Waals surface area (Å²) in [6, 6.07) is 13.8. The SMILES string of the molecule is Cc1cc(/C=N\NC(=O)C(=O)Nc2ccccc2Cl)c(C)n1-c1cc(Cl)cc(Cl)c1. The van der Waals surface area contributed by atoms with Crippen molar-refractivity contribution in [3.63, 3.8) is 0 Å². The van der Waals surface area contributed by atoms with E-state index >= 15 is 0 Å². The van der Waals surface area contributed by atoms with Crippen LogP contribution in [0.25, 0.3) is 5.69 Å². The van der Waals surface area contributed by atoms with Crippen LogP contribution >= 0.6 is 34.8 Å². The number of rotatable bonds is 4. The molecule has 154 valence electrons. The molecule has 0 saturated heterocycles. The summed E-state index contributed by atoms with van der Waals surface area (Å²) < 4.78 is 1.96. The number of benzene rings is 2. The summed E-state index contributed by atoms with van der Waals surface area (Å²) in [6.07, 6.45) is 1.46. The van der Waals surface area contributed by atoms with E-state index in [1.54, 1.807) is 42.5 Å². The highest BCUT2D eigenvalue weighted by Crippen LogP contribution is 2.26. The Morgan fingerprint density at radius 1 is 0.967 bits per heavy atom. The van der Waals surface area contributed by atoms with Crippen LogP contribution in [-0.2, 0) is 9.59 Å². The first-order valence-electron chi connectivity index (χ1n) is 8.80. The zero-order valence-electron chi connectivity index (χ0n) is 16.0. The number of halogens is 3. The molecule has 3 aromatic rings. The molecule has 0 fully saturated rings. The van der Waals surface area contributed by atoms with Gasteiger partial charge in [-0.05, 0) is 50.2 Å². The van der Waals surface area contributed by atoms with Gasteiger partial charge in [0.15, 0.2) is 0 Å². The molecule has 0 aliphatic heterocycles. The molecule has 30 heavy (non-hydrogen) atoms. The lowest BCUT2D eigenvalue weighted by molar-refractivity contribution is -0.136. The maximum absolute atomic E-state index is 12.0. The summed E-state index contributed by atoms with van der Waals surface area (Å²) in [5.41, 5.74) is 5.91. The van der Waals surface area contributed by atoms with Crippen LogP contribution in [0.1, 0.15) is 17.0 Å². The fourth-order valence-electron chi connectivity index (χ4n) is 2.94. The summed E-state index contributed by atoms with van der Waals surface area (Å²) in [5.74, 6) is -1.79. The van der Waals surface area contributed by atoms with Crippen LogP contribution in [0.4, 0.5) is 5.69 Å². The zero-order valence-corrected chi connectivity index (χ0v) is 18.3. The van der Waals surface area contributed by atoms with Crippen molar-refractivity contribution in [2.24, 2.45) is 5.10 Å². The Labute approximate surface area is 188 Å². The van der Waals surface area contributed by atoms with Crippen molar-refractivity contribution in [1.29, 1.82) is 0 Å². The van der Waals surface area contributed by atoms with Gasteiger partial charge in [-0.15, -0.1) is 0 Å². The minimum Gasteiger partial charge on any atom is -0.318 e. The molecule has 0 saturated carbocycles. The van der Waals surface area contributed by atoms with Crippen LogP contribution in [0.15, 0.2) is 53.6 Å². The van der Waals surface area contributed by atoms with Gasteiger partial charge < -0.3 is 9.88 Å². The largest absolute Gasteiger partial charge is 0.329 e. The van der Waals surface area contributed by atoms with Crippen LogP contribution < -0.4 is 10.7 Å². The number of para-hydroxylation sites is 1. The molecular weight excluding hydrogens is 447 g/mol. The van der Waals surface area contributed by atoms with E-state index in [-0.39, 0.29) is 0 Å². The van der Waals surface area contributed by atoms with Gasteiger partial charge in [0.2, 0.25) is 0 Å². The minimum absolute atomic E-state index is 0.329. The third kappa shape index (κ3) is 5.02. The number of amides is 2. The molecule has 0 radical (unpaired) electrons. The van der Waals surface area contributed by atoms with Gasteiger partial charge in [0, 0.05) is 32.7 Å². The molecule has 0 atom stereocenters. The van der Waals surface area contributed by atoms with Gasteiger partial charge in [-0.1, -0.05) is 46.9 Å². The first kappa shape index (κ1) is 21.9. The summed E-state index contributed by atoms with van der Waals surface area (Å²) in [4.78, 5) is 24.0. The molecule has 0 aliphatic carbocycles. The molecule has 0 aliphatic rings. The predicted octanol–water partition coefficient (Wildman–Crippen LogP) is 5.14. The van der Waals surface area contributed by atoms with Gasteiger partial charge in [-0.25, -0.2) is 5.43 Å². The van der Waals surface area contributed by atoms with Crippen LogP contribution in [-0.4, -0.2) is 22.6 Å². The molecule has 0 unspecified atom stereocenters. The number of nitrogens with zero attached hydrogens (tertiary/aromatic N) is 2. The zero-order chi connectivity index (χ0) is 21.8. The second-order valence-corrected chi connectivity index (χ2v) is 7.70. The van der Waals surface area contributed by atoms with E-state index in [9.17, 15) is 9.59 Å². The first-order chi connectivity index (χ1) is 14.3. The number of carbonyl (C=O) groups is 2. The number of aryl methyl sites for hydroxylation is 1. The van der Waals surface area contributed by atoms with Crippen LogP contribution in [0.2, 0.25) is 15.1 Å². The third-order valence-corrected chi connectivity index (χ3v) is 5.04. The standard InChI is InChI=1S/C21H17Cl3N4O2/c1-12-7-14(13(2)28(12)17-9-15(22)8-16(23)10-17)11-25-27-21(30)20(29)26-19-6-4-3-5-18(19)24/h3-11H,1-2H3,(H,26,29)(H,27,30)/b25-11-. The van der Waals surface area contributed by atoms with Crippen LogP contribution in [0.3, 0.4) is 0 Å². The van der Waals surface area contributed by atoms with Crippen molar-refractivity contribution in [3.8, 4) is 5.69 Å². The highest BCUT2D eigenvalue weighted by Gasteiger charge is 2.15. The van der Waals surface area contributed by atoms with E-state index in [0.717, 1.165) is 22.6 Å². The topological polar surface area (TPSA) is 75.5 Å². The van der Waals surface area contributed by atoms with Gasteiger partial charge in [-0.2, -0.15) is 5.10 Å². The Bertz CT molecular complexity index is 1130. The smallest absolute Gasteiger partial charge is 0.318 e. The lowest BCUT2D eigenvalue weighted by atomic mass is 10.2. The van der Waals surface area contributed by atoms with Crippen LogP contribution in [0.5, 0.6) is 0 Å². The van der Waals surface area contributed by atoms with Crippen molar-refractivity contribution in [2.75, 3.05) is 5.32 Å². The van der Waals surface area contributed by atoms with Gasteiger partial charge >= 0.3 is 11.8 Å². The van der Waals surface area contributed by atoms with Crippen LogP contribution in [0, 0.1) is 13.8 Å². The fourth-order valence-corrected chi connectivity index (χ4v) is 3.63.